The number of aromatic nitrogens is 3. The molecule has 4 rings (SSSR count). The highest BCUT2D eigenvalue weighted by Crippen LogP contribution is 2.27. The molecule has 3 heterocycles. The number of piperazine rings is 1. The summed E-state index contributed by atoms with van der Waals surface area (Å²) in [5.74, 6) is 0. The summed E-state index contributed by atoms with van der Waals surface area (Å²) in [6.45, 7) is 5.58. The lowest BCUT2D eigenvalue weighted by molar-refractivity contribution is 0.0830. The third-order valence-corrected chi connectivity index (χ3v) is 5.53. The first-order valence-corrected chi connectivity index (χ1v) is 9.26. The van der Waals surface area contributed by atoms with Gasteiger partial charge in [-0.2, -0.15) is 9.61 Å². The summed E-state index contributed by atoms with van der Waals surface area (Å²) >= 11 is 1.50. The van der Waals surface area contributed by atoms with Crippen molar-refractivity contribution < 1.29 is 0 Å². The van der Waals surface area contributed by atoms with Crippen molar-refractivity contribution in [3.63, 3.8) is 0 Å². The fourth-order valence-electron chi connectivity index (χ4n) is 3.34. The maximum atomic E-state index is 12.1. The zero-order valence-electron chi connectivity index (χ0n) is 14.4. The van der Waals surface area contributed by atoms with Crippen LogP contribution in [0.25, 0.3) is 4.96 Å². The highest BCUT2D eigenvalue weighted by molar-refractivity contribution is 7.16. The van der Waals surface area contributed by atoms with Crippen LogP contribution in [0.1, 0.15) is 22.3 Å². The normalized spacial score (nSPS) is 19.5. The Balaban J connectivity index is 1.64. The predicted octanol–water partition coefficient (Wildman–Crippen LogP) is 1.95. The van der Waals surface area contributed by atoms with Gasteiger partial charge in [0.05, 0.1) is 6.54 Å². The van der Waals surface area contributed by atoms with Gasteiger partial charge in [-0.1, -0.05) is 41.7 Å². The van der Waals surface area contributed by atoms with E-state index in [1.807, 2.05) is 13.0 Å². The van der Waals surface area contributed by atoms with Gasteiger partial charge in [0.2, 0.25) is 4.96 Å². The first kappa shape index (κ1) is 16.4. The average molecular weight is 355 g/mol. The van der Waals surface area contributed by atoms with Crippen molar-refractivity contribution >= 4 is 16.3 Å². The van der Waals surface area contributed by atoms with Crippen molar-refractivity contribution in [1.29, 1.82) is 0 Å². The lowest BCUT2D eigenvalue weighted by atomic mass is 10.0. The molecule has 7 heteroatoms. The van der Waals surface area contributed by atoms with Crippen LogP contribution in [0.15, 0.2) is 41.2 Å². The van der Waals surface area contributed by atoms with Crippen LogP contribution in [0.3, 0.4) is 0 Å². The largest absolute Gasteiger partial charge is 0.303 e. The molecule has 0 N–H and O–H groups in total. The van der Waals surface area contributed by atoms with Crippen molar-refractivity contribution in [2.45, 2.75) is 19.5 Å². The third kappa shape index (κ3) is 3.35. The van der Waals surface area contributed by atoms with E-state index in [1.165, 1.54) is 27.5 Å². The van der Waals surface area contributed by atoms with E-state index in [0.717, 1.165) is 36.9 Å². The molecule has 1 saturated heterocycles. The molecule has 0 aliphatic carbocycles. The predicted molar refractivity (Wildman–Crippen MR) is 99.0 cm³/mol. The molecule has 1 unspecified atom stereocenters. The van der Waals surface area contributed by atoms with Crippen LogP contribution in [0.4, 0.5) is 0 Å². The minimum atomic E-state index is -0.108. The molecule has 0 bridgehead atoms. The highest BCUT2D eigenvalue weighted by atomic mass is 32.1. The molecule has 1 aliphatic rings. The van der Waals surface area contributed by atoms with Crippen LogP contribution < -0.4 is 5.56 Å². The first-order valence-electron chi connectivity index (χ1n) is 8.44. The molecule has 1 aliphatic heterocycles. The summed E-state index contributed by atoms with van der Waals surface area (Å²) in [7, 11) is 2.16. The molecule has 2 aromatic heterocycles. The molecule has 25 heavy (non-hydrogen) atoms. The second-order valence-electron chi connectivity index (χ2n) is 6.59. The Kier molecular flexibility index (Phi) is 4.37. The van der Waals surface area contributed by atoms with E-state index in [4.69, 9.17) is 0 Å². The lowest BCUT2D eigenvalue weighted by Gasteiger charge is -2.39. The fourth-order valence-corrected chi connectivity index (χ4v) is 4.31. The van der Waals surface area contributed by atoms with Gasteiger partial charge in [-0.25, -0.2) is 4.98 Å². The summed E-state index contributed by atoms with van der Waals surface area (Å²) in [5, 5.41) is 5.43. The second-order valence-corrected chi connectivity index (χ2v) is 7.63. The lowest BCUT2D eigenvalue weighted by Crippen LogP contribution is -2.46. The first-order chi connectivity index (χ1) is 12.1. The third-order valence-electron chi connectivity index (χ3n) is 4.63. The molecule has 3 aromatic rings. The second kappa shape index (κ2) is 6.67. The maximum Gasteiger partial charge on any atom is 0.275 e. The Bertz CT molecular complexity index is 936. The maximum absolute atomic E-state index is 12.1. The monoisotopic (exact) mass is 355 g/mol. The van der Waals surface area contributed by atoms with Gasteiger partial charge in [-0.05, 0) is 19.5 Å². The van der Waals surface area contributed by atoms with Crippen LogP contribution >= 0.6 is 11.3 Å². The minimum Gasteiger partial charge on any atom is -0.303 e. The number of nitrogens with zero attached hydrogens (tertiary/aromatic N) is 5. The molecule has 1 fully saturated rings. The SMILES string of the molecule is Cc1cc(=O)n2nc(CN3CCN(C)CC3c3ccccc3)sc2n1. The average Bonchev–Trinajstić information content (AvgIpc) is 3.00. The van der Waals surface area contributed by atoms with Gasteiger partial charge in [0.15, 0.2) is 0 Å². The topological polar surface area (TPSA) is 53.7 Å². The van der Waals surface area contributed by atoms with Crippen molar-refractivity contribution in [3.8, 4) is 0 Å². The number of aryl methyl sites for hydroxylation is 1. The van der Waals surface area contributed by atoms with E-state index in [2.05, 4.69) is 51.2 Å². The molecular formula is C18H21N5OS. The van der Waals surface area contributed by atoms with Crippen molar-refractivity contribution in [2.24, 2.45) is 0 Å². The standard InChI is InChI=1S/C18H21N5OS/c1-13-10-17(24)23-18(19-13)25-16(20-23)12-22-9-8-21(2)11-15(22)14-6-4-3-5-7-14/h3-7,10,15H,8-9,11-12H2,1-2H3. The van der Waals surface area contributed by atoms with Crippen molar-refractivity contribution in [3.05, 3.63) is 63.0 Å². The zero-order chi connectivity index (χ0) is 17.4. The Morgan fingerprint density at radius 1 is 1.24 bits per heavy atom. The Hall–Kier alpha value is -2.09. The number of rotatable bonds is 3. The molecule has 0 saturated carbocycles. The van der Waals surface area contributed by atoms with Crippen LogP contribution in [0, 0.1) is 6.92 Å². The van der Waals surface area contributed by atoms with Gasteiger partial charge in [0.25, 0.3) is 5.56 Å². The van der Waals surface area contributed by atoms with Crippen molar-refractivity contribution in [2.75, 3.05) is 26.7 Å². The Morgan fingerprint density at radius 3 is 2.84 bits per heavy atom. The molecule has 1 aromatic carbocycles. The summed E-state index contributed by atoms with van der Waals surface area (Å²) in [6.07, 6.45) is 0. The van der Waals surface area contributed by atoms with Gasteiger partial charge in [0, 0.05) is 37.4 Å². The quantitative estimate of drug-likeness (QED) is 0.719. The van der Waals surface area contributed by atoms with E-state index in [0.29, 0.717) is 11.0 Å². The summed E-state index contributed by atoms with van der Waals surface area (Å²) in [5.41, 5.74) is 1.95. The molecular weight excluding hydrogens is 334 g/mol. The number of fused-ring (bicyclic) bond motifs is 1. The summed E-state index contributed by atoms with van der Waals surface area (Å²) in [6, 6.07) is 12.5. The number of benzene rings is 1. The summed E-state index contributed by atoms with van der Waals surface area (Å²) < 4.78 is 1.42. The van der Waals surface area contributed by atoms with Crippen LogP contribution in [-0.2, 0) is 6.54 Å². The van der Waals surface area contributed by atoms with Crippen LogP contribution in [0.2, 0.25) is 0 Å². The Morgan fingerprint density at radius 2 is 2.04 bits per heavy atom. The van der Waals surface area contributed by atoms with Crippen LogP contribution in [-0.4, -0.2) is 51.1 Å². The number of hydrogen-bond acceptors (Lipinski definition) is 6. The molecule has 0 amide bonds. The number of hydrogen-bond donors (Lipinski definition) is 0. The summed E-state index contributed by atoms with van der Waals surface area (Å²) in [4.78, 5) is 22.0. The molecule has 130 valence electrons. The van der Waals surface area contributed by atoms with Gasteiger partial charge >= 0.3 is 0 Å². The van der Waals surface area contributed by atoms with E-state index in [9.17, 15) is 4.79 Å². The minimum absolute atomic E-state index is 0.108. The highest BCUT2D eigenvalue weighted by Gasteiger charge is 2.27. The van der Waals surface area contributed by atoms with E-state index in [1.54, 1.807) is 0 Å². The molecule has 0 radical (unpaired) electrons. The molecule has 1 atom stereocenters. The van der Waals surface area contributed by atoms with E-state index >= 15 is 0 Å². The Labute approximate surface area is 150 Å². The van der Waals surface area contributed by atoms with Gasteiger partial charge in [0.1, 0.15) is 5.01 Å². The smallest absolute Gasteiger partial charge is 0.275 e. The van der Waals surface area contributed by atoms with Gasteiger partial charge in [-0.15, -0.1) is 0 Å². The van der Waals surface area contributed by atoms with Gasteiger partial charge < -0.3 is 4.90 Å². The van der Waals surface area contributed by atoms with Crippen molar-refractivity contribution in [1.82, 2.24) is 24.4 Å². The van der Waals surface area contributed by atoms with Gasteiger partial charge in [-0.3, -0.25) is 9.69 Å². The van der Waals surface area contributed by atoms with E-state index in [-0.39, 0.29) is 5.56 Å². The number of likely N-dealkylation sites (N-methyl/N-ethyl adjacent to an activating group) is 1. The molecule has 0 spiro atoms. The zero-order valence-corrected chi connectivity index (χ0v) is 15.2. The molecule has 6 nitrogen and oxygen atoms in total. The van der Waals surface area contributed by atoms with E-state index < -0.39 is 0 Å². The fraction of sp³-hybridized carbons (Fsp3) is 0.389. The van der Waals surface area contributed by atoms with Crippen LogP contribution in [0.5, 0.6) is 0 Å².